The number of benzene rings is 2. The molecule has 3 heteroatoms. The van der Waals surface area contributed by atoms with Gasteiger partial charge in [-0.3, -0.25) is 0 Å². The highest BCUT2D eigenvalue weighted by atomic mass is 79.9. The first-order valence-corrected chi connectivity index (χ1v) is 8.41. The lowest BCUT2D eigenvalue weighted by atomic mass is 10.1. The minimum Gasteiger partial charge on any atom is -0.341 e. The van der Waals surface area contributed by atoms with Crippen molar-refractivity contribution < 1.29 is 0 Å². The monoisotopic (exact) mass is 344 g/mol. The van der Waals surface area contributed by atoms with Gasteiger partial charge in [-0.2, -0.15) is 0 Å². The quantitative estimate of drug-likeness (QED) is 0.804. The van der Waals surface area contributed by atoms with Gasteiger partial charge in [-0.1, -0.05) is 24.3 Å². The summed E-state index contributed by atoms with van der Waals surface area (Å²) in [6.07, 6.45) is 2.66. The fraction of sp³-hybridized carbons (Fsp3) is 0.333. The second kappa shape index (κ2) is 6.63. The van der Waals surface area contributed by atoms with Gasteiger partial charge in [0.05, 0.1) is 5.69 Å². The van der Waals surface area contributed by atoms with E-state index in [0.717, 1.165) is 23.6 Å². The summed E-state index contributed by atoms with van der Waals surface area (Å²) >= 11 is 3.74. The maximum Gasteiger partial charge on any atom is 0.0555 e. The molecule has 2 aromatic carbocycles. The summed E-state index contributed by atoms with van der Waals surface area (Å²) < 4.78 is 1.16. The lowest BCUT2D eigenvalue weighted by Crippen LogP contribution is -2.17. The first-order valence-electron chi connectivity index (χ1n) is 7.62. The summed E-state index contributed by atoms with van der Waals surface area (Å²) in [5.41, 5.74) is 3.78. The Morgan fingerprint density at radius 1 is 1.14 bits per heavy atom. The smallest absolute Gasteiger partial charge is 0.0555 e. The molecule has 1 aliphatic rings. The molecular formula is C18H21BrN2. The summed E-state index contributed by atoms with van der Waals surface area (Å²) in [6.45, 7) is 4.09. The predicted octanol–water partition coefficient (Wildman–Crippen LogP) is 4.86. The van der Waals surface area contributed by atoms with E-state index in [2.05, 4.69) is 81.6 Å². The third-order valence-corrected chi connectivity index (χ3v) is 4.49. The van der Waals surface area contributed by atoms with Crippen LogP contribution in [-0.4, -0.2) is 12.6 Å². The zero-order valence-corrected chi connectivity index (χ0v) is 13.9. The zero-order chi connectivity index (χ0) is 14.7. The van der Waals surface area contributed by atoms with Gasteiger partial charge in [0.1, 0.15) is 0 Å². The van der Waals surface area contributed by atoms with Crippen molar-refractivity contribution >= 4 is 27.3 Å². The number of hydrogen-bond acceptors (Lipinski definition) is 2. The molecule has 110 valence electrons. The second-order valence-electron chi connectivity index (χ2n) is 5.52. The summed E-state index contributed by atoms with van der Waals surface area (Å²) in [7, 11) is 0. The molecule has 1 saturated carbocycles. The number of nitrogens with zero attached hydrogens (tertiary/aromatic N) is 1. The highest BCUT2D eigenvalue weighted by molar-refractivity contribution is 9.10. The Hall–Kier alpha value is -1.32. The van der Waals surface area contributed by atoms with Crippen LogP contribution >= 0.6 is 15.9 Å². The van der Waals surface area contributed by atoms with E-state index in [9.17, 15) is 0 Å². The zero-order valence-electron chi connectivity index (χ0n) is 12.3. The third kappa shape index (κ3) is 3.66. The molecule has 0 heterocycles. The van der Waals surface area contributed by atoms with Crippen LogP contribution in [0.15, 0.2) is 53.0 Å². The molecule has 2 nitrogen and oxygen atoms in total. The third-order valence-electron chi connectivity index (χ3n) is 3.86. The highest BCUT2D eigenvalue weighted by Crippen LogP contribution is 2.32. The van der Waals surface area contributed by atoms with Gasteiger partial charge in [-0.25, -0.2) is 0 Å². The average Bonchev–Trinajstić information content (AvgIpc) is 3.33. The molecule has 0 aromatic heterocycles. The van der Waals surface area contributed by atoms with Crippen molar-refractivity contribution in [3.8, 4) is 0 Å². The summed E-state index contributed by atoms with van der Waals surface area (Å²) in [4.78, 5) is 2.32. The highest BCUT2D eigenvalue weighted by Gasteiger charge is 2.20. The normalized spacial score (nSPS) is 14.2. The van der Waals surface area contributed by atoms with E-state index in [4.69, 9.17) is 0 Å². The van der Waals surface area contributed by atoms with Crippen LogP contribution in [0.5, 0.6) is 0 Å². The van der Waals surface area contributed by atoms with Crippen molar-refractivity contribution in [3.63, 3.8) is 0 Å². The fourth-order valence-electron chi connectivity index (χ4n) is 2.53. The first kappa shape index (κ1) is 14.6. The standard InChI is InChI=1S/C18H21BrN2/c1-2-21(16-6-4-3-5-7-16)18-11-8-14(12-17(18)19)13-20-15-9-10-15/h3-8,11-12,15,20H,2,9-10,13H2,1H3. The molecule has 0 atom stereocenters. The van der Waals surface area contributed by atoms with Crippen LogP contribution < -0.4 is 10.2 Å². The van der Waals surface area contributed by atoms with E-state index in [-0.39, 0.29) is 0 Å². The van der Waals surface area contributed by atoms with E-state index >= 15 is 0 Å². The van der Waals surface area contributed by atoms with Crippen LogP contribution in [0.1, 0.15) is 25.3 Å². The SMILES string of the molecule is CCN(c1ccccc1)c1ccc(CNC2CC2)cc1Br. The second-order valence-corrected chi connectivity index (χ2v) is 6.38. The number of anilines is 2. The van der Waals surface area contributed by atoms with Gasteiger partial charge in [-0.15, -0.1) is 0 Å². The van der Waals surface area contributed by atoms with Gasteiger partial charge in [0.25, 0.3) is 0 Å². The first-order chi connectivity index (χ1) is 10.3. The molecule has 0 bridgehead atoms. The minimum absolute atomic E-state index is 0.750. The van der Waals surface area contributed by atoms with Crippen molar-refractivity contribution in [2.45, 2.75) is 32.4 Å². The molecule has 0 unspecified atom stereocenters. The molecule has 0 radical (unpaired) electrons. The average molecular weight is 345 g/mol. The van der Waals surface area contributed by atoms with Crippen LogP contribution in [0.2, 0.25) is 0 Å². The van der Waals surface area contributed by atoms with Crippen LogP contribution in [0, 0.1) is 0 Å². The van der Waals surface area contributed by atoms with E-state index in [1.165, 1.54) is 29.8 Å². The molecule has 3 rings (SSSR count). The van der Waals surface area contributed by atoms with E-state index < -0.39 is 0 Å². The Labute approximate surface area is 135 Å². The molecule has 21 heavy (non-hydrogen) atoms. The molecule has 0 spiro atoms. The Balaban J connectivity index is 1.79. The van der Waals surface area contributed by atoms with Gasteiger partial charge in [0, 0.05) is 29.3 Å². The van der Waals surface area contributed by atoms with Gasteiger partial charge in [-0.05, 0) is 65.5 Å². The molecule has 0 aliphatic heterocycles. The van der Waals surface area contributed by atoms with Crippen LogP contribution in [-0.2, 0) is 6.54 Å². The van der Waals surface area contributed by atoms with Crippen LogP contribution in [0.4, 0.5) is 11.4 Å². The number of nitrogens with one attached hydrogen (secondary N) is 1. The lowest BCUT2D eigenvalue weighted by Gasteiger charge is -2.25. The Morgan fingerprint density at radius 3 is 2.52 bits per heavy atom. The van der Waals surface area contributed by atoms with Crippen LogP contribution in [0.25, 0.3) is 0 Å². The van der Waals surface area contributed by atoms with Crippen molar-refractivity contribution in [1.82, 2.24) is 5.32 Å². The largest absolute Gasteiger partial charge is 0.341 e. The molecule has 2 aromatic rings. The molecule has 1 aliphatic carbocycles. The van der Waals surface area contributed by atoms with E-state index in [1.54, 1.807) is 0 Å². The molecule has 0 amide bonds. The maximum atomic E-state index is 3.74. The number of hydrogen-bond donors (Lipinski definition) is 1. The molecule has 1 fully saturated rings. The number of para-hydroxylation sites is 1. The summed E-state index contributed by atoms with van der Waals surface area (Å²) in [5.74, 6) is 0. The Kier molecular flexibility index (Phi) is 4.61. The minimum atomic E-state index is 0.750. The summed E-state index contributed by atoms with van der Waals surface area (Å²) in [5, 5.41) is 3.56. The summed E-state index contributed by atoms with van der Waals surface area (Å²) in [6, 6.07) is 17.9. The fourth-order valence-corrected chi connectivity index (χ4v) is 3.17. The lowest BCUT2D eigenvalue weighted by molar-refractivity contribution is 0.687. The number of rotatable bonds is 6. The molecule has 0 saturated heterocycles. The van der Waals surface area contributed by atoms with Gasteiger partial charge >= 0.3 is 0 Å². The van der Waals surface area contributed by atoms with E-state index in [0.29, 0.717) is 0 Å². The maximum absolute atomic E-state index is 3.74. The molecule has 1 N–H and O–H groups in total. The van der Waals surface area contributed by atoms with Crippen molar-refractivity contribution in [2.75, 3.05) is 11.4 Å². The Bertz CT molecular complexity index is 593. The van der Waals surface area contributed by atoms with Crippen molar-refractivity contribution in [3.05, 3.63) is 58.6 Å². The van der Waals surface area contributed by atoms with Crippen molar-refractivity contribution in [2.24, 2.45) is 0 Å². The number of halogens is 1. The topological polar surface area (TPSA) is 15.3 Å². The van der Waals surface area contributed by atoms with Crippen LogP contribution in [0.3, 0.4) is 0 Å². The predicted molar refractivity (Wildman–Crippen MR) is 93.1 cm³/mol. The van der Waals surface area contributed by atoms with Crippen molar-refractivity contribution in [1.29, 1.82) is 0 Å². The molecular weight excluding hydrogens is 324 g/mol. The Morgan fingerprint density at radius 2 is 1.90 bits per heavy atom. The van der Waals surface area contributed by atoms with E-state index in [1.807, 2.05) is 0 Å². The van der Waals surface area contributed by atoms with Gasteiger partial charge in [0.15, 0.2) is 0 Å². The van der Waals surface area contributed by atoms with Gasteiger partial charge in [0.2, 0.25) is 0 Å². The van der Waals surface area contributed by atoms with Gasteiger partial charge < -0.3 is 10.2 Å².